The van der Waals surface area contributed by atoms with Crippen LogP contribution < -0.4 is 5.32 Å². The molecular weight excluding hydrogens is 1160 g/mol. The van der Waals surface area contributed by atoms with Gasteiger partial charge in [0.25, 0.3) is 0 Å². The van der Waals surface area contributed by atoms with Crippen LogP contribution in [0.3, 0.4) is 0 Å². The van der Waals surface area contributed by atoms with E-state index in [1.54, 1.807) is 34.6 Å². The van der Waals surface area contributed by atoms with E-state index in [-0.39, 0.29) is 80.4 Å². The van der Waals surface area contributed by atoms with Crippen LogP contribution in [0.15, 0.2) is 0 Å². The maximum atomic E-state index is 15.4. The van der Waals surface area contributed by atoms with Crippen molar-refractivity contribution in [1.82, 2.24) is 44.5 Å². The molecule has 1 unspecified atom stereocenters. The highest BCUT2D eigenvalue weighted by atomic mass is 16.5. The first kappa shape index (κ1) is 81.7. The summed E-state index contributed by atoms with van der Waals surface area (Å²) in [5, 5.41) is 15.3. The van der Waals surface area contributed by atoms with Gasteiger partial charge in [-0.25, -0.2) is 0 Å². The summed E-state index contributed by atoms with van der Waals surface area (Å²) < 4.78 is 5.67. The second-order valence-corrected chi connectivity index (χ2v) is 29.3. The molecule has 2 aliphatic rings. The zero-order valence-electron chi connectivity index (χ0n) is 60.7. The van der Waals surface area contributed by atoms with Crippen molar-refractivity contribution in [3.05, 3.63) is 0 Å². The number of hydrogen-bond donors (Lipinski definition) is 2. The molecule has 2 saturated heterocycles. The zero-order valence-corrected chi connectivity index (χ0v) is 60.7. The number of likely N-dealkylation sites (N-methyl/N-ethyl adjacent to an activating group) is 7. The lowest BCUT2D eigenvalue weighted by Gasteiger charge is -2.42. The molecule has 14 atom stereocenters. The number of ether oxygens (including phenoxy) is 1. The third-order valence-corrected chi connectivity index (χ3v) is 19.2. The van der Waals surface area contributed by atoms with Crippen molar-refractivity contribution in [2.24, 2.45) is 59.2 Å². The summed E-state index contributed by atoms with van der Waals surface area (Å²) in [6, 6.07) is -9.21. The topological polar surface area (TPSA) is 255 Å². The van der Waals surface area contributed by atoms with E-state index in [4.69, 9.17) is 4.74 Å². The van der Waals surface area contributed by atoms with E-state index < -0.39 is 155 Å². The van der Waals surface area contributed by atoms with Gasteiger partial charge in [0.15, 0.2) is 17.3 Å². The molecule has 2 aliphatic heterocycles. The summed E-state index contributed by atoms with van der Waals surface area (Å²) in [6.07, 6.45) is -1.03. The lowest BCUT2D eigenvalue weighted by atomic mass is 9.84. The number of Topliss-reactive ketones (excluding diaryl/α,β-unsaturated/α-hetero) is 3. The van der Waals surface area contributed by atoms with Crippen LogP contribution in [0.5, 0.6) is 0 Å². The average Bonchev–Trinajstić information content (AvgIpc) is 0.852. The van der Waals surface area contributed by atoms with Crippen molar-refractivity contribution in [3.63, 3.8) is 0 Å². The van der Waals surface area contributed by atoms with Gasteiger partial charge in [-0.1, -0.05) is 104 Å². The van der Waals surface area contributed by atoms with Crippen LogP contribution in [0.1, 0.15) is 182 Å². The number of carbonyl (C=O) groups is 11. The van der Waals surface area contributed by atoms with Crippen molar-refractivity contribution in [1.29, 1.82) is 0 Å². The van der Waals surface area contributed by atoms with Gasteiger partial charge >= 0.3 is 0 Å². The van der Waals surface area contributed by atoms with Gasteiger partial charge in [-0.3, -0.25) is 57.6 Å². The van der Waals surface area contributed by atoms with Crippen molar-refractivity contribution in [2.45, 2.75) is 243 Å². The number of rotatable bonds is 16. The molecule has 2 rings (SSSR count). The van der Waals surface area contributed by atoms with E-state index >= 15 is 19.2 Å². The second kappa shape index (κ2) is 36.9. The number of aliphatic hydroxyl groups is 1. The van der Waals surface area contributed by atoms with Gasteiger partial charge in [-0.2, -0.15) is 0 Å². The van der Waals surface area contributed by atoms with Crippen molar-refractivity contribution in [3.8, 4) is 0 Å². The summed E-state index contributed by atoms with van der Waals surface area (Å²) in [5.74, 6) is -10.8. The van der Waals surface area contributed by atoms with Crippen LogP contribution in [0.4, 0.5) is 0 Å². The smallest absolute Gasteiger partial charge is 0.246 e. The Bertz CT molecular complexity index is 2470. The number of hydrogen-bond acceptors (Lipinski definition) is 14. The quantitative estimate of drug-likeness (QED) is 0.178. The minimum absolute atomic E-state index is 0.0705. The highest BCUT2D eigenvalue weighted by molar-refractivity contribution is 6.00. The summed E-state index contributed by atoms with van der Waals surface area (Å²) in [7, 11) is 10.3. The number of nitrogens with zero attached hydrogens (tertiary/aromatic N) is 8. The van der Waals surface area contributed by atoms with E-state index in [1.807, 2.05) is 83.1 Å². The summed E-state index contributed by atoms with van der Waals surface area (Å²) in [4.78, 5) is 174. The number of aliphatic hydroxyl groups excluding tert-OH is 1. The molecule has 0 saturated carbocycles. The maximum Gasteiger partial charge on any atom is 0.246 e. The highest BCUT2D eigenvalue weighted by Gasteiger charge is 2.46. The van der Waals surface area contributed by atoms with Gasteiger partial charge in [0.2, 0.25) is 47.3 Å². The van der Waals surface area contributed by atoms with E-state index in [2.05, 4.69) is 10.2 Å². The van der Waals surface area contributed by atoms with E-state index in [0.29, 0.717) is 32.7 Å². The largest absolute Gasteiger partial charge is 0.390 e. The Morgan fingerprint density at radius 3 is 1.38 bits per heavy atom. The monoisotopic (exact) mass is 1290 g/mol. The predicted molar refractivity (Wildman–Crippen MR) is 354 cm³/mol. The molecule has 22 nitrogen and oxygen atoms in total. The molecule has 0 aromatic rings. The fourth-order valence-electron chi connectivity index (χ4n) is 12.9. The fourth-order valence-corrected chi connectivity index (χ4v) is 12.9. The number of nitrogens with one attached hydrogen (secondary N) is 1. The lowest BCUT2D eigenvalue weighted by molar-refractivity contribution is -0.157. The molecule has 0 aliphatic carbocycles. The van der Waals surface area contributed by atoms with Gasteiger partial charge in [-0.15, -0.1) is 0 Å². The Morgan fingerprint density at radius 1 is 0.484 bits per heavy atom. The summed E-state index contributed by atoms with van der Waals surface area (Å²) in [6.45, 7) is 34.9. The molecule has 22 heteroatoms. The Hall–Kier alpha value is -5.35. The molecule has 2 N–H and O–H groups in total. The van der Waals surface area contributed by atoms with Gasteiger partial charge in [0.1, 0.15) is 36.3 Å². The number of carbonyl (C=O) groups excluding carboxylic acids is 11. The Balaban J connectivity index is 3.01. The molecule has 0 bridgehead atoms. The van der Waals surface area contributed by atoms with Gasteiger partial charge in [0.05, 0.1) is 31.4 Å². The number of morpholine rings is 1. The molecule has 0 radical (unpaired) electrons. The third kappa shape index (κ3) is 22.4. The zero-order chi connectivity index (χ0) is 70.1. The fraction of sp³-hybridized carbons (Fsp3) is 0.841. The highest BCUT2D eigenvalue weighted by Crippen LogP contribution is 2.30. The normalized spacial score (nSPS) is 29.0. The lowest BCUT2D eigenvalue weighted by Crippen LogP contribution is -2.62. The van der Waals surface area contributed by atoms with E-state index in [9.17, 15) is 38.7 Å². The van der Waals surface area contributed by atoms with Crippen LogP contribution in [0, 0.1) is 59.2 Å². The molecule has 0 spiro atoms. The number of amides is 8. The SMILES string of the molecule is CC[C@H]1CC(=O)[C@@H]([C@H](O)[C@H](C)CCN2CCOC[C@@H]2C)N(C)C(=O)[C@@H](C(C)C)N(C)C(=O)[C@@H](CC(C)C)N(C)C(=O)[C@@H](CC(C)C)N(C)C(=O)[C@H](C)NC(=O)[C@@H](C)CC(=O)C(CC(C)C)N(C)C(=O)[C@@H](C(C)C)CC(=O)[C@H](CC(C)C)N(C)C(=O)[C@@H](C)N(C)C1=O. The van der Waals surface area contributed by atoms with Gasteiger partial charge in [0, 0.05) is 98.9 Å². The van der Waals surface area contributed by atoms with E-state index in [0.717, 1.165) is 0 Å². The van der Waals surface area contributed by atoms with Crippen molar-refractivity contribution >= 4 is 64.6 Å². The molecule has 2 heterocycles. The Labute approximate surface area is 547 Å². The molecule has 91 heavy (non-hydrogen) atoms. The van der Waals surface area contributed by atoms with Crippen LogP contribution in [-0.2, 0) is 57.5 Å². The first-order valence-corrected chi connectivity index (χ1v) is 33.8. The summed E-state index contributed by atoms with van der Waals surface area (Å²) in [5.41, 5.74) is 0. The van der Waals surface area contributed by atoms with Gasteiger partial charge in [-0.05, 0) is 107 Å². The maximum absolute atomic E-state index is 15.4. The van der Waals surface area contributed by atoms with E-state index in [1.165, 1.54) is 90.6 Å². The molecule has 8 amide bonds. The second-order valence-electron chi connectivity index (χ2n) is 29.3. The van der Waals surface area contributed by atoms with Crippen molar-refractivity contribution in [2.75, 3.05) is 75.6 Å². The minimum atomic E-state index is -1.51. The number of ketones is 3. The molecule has 2 fully saturated rings. The molecule has 0 aromatic carbocycles. The van der Waals surface area contributed by atoms with Crippen LogP contribution >= 0.6 is 0 Å². The third-order valence-electron chi connectivity index (χ3n) is 19.2. The first-order chi connectivity index (χ1) is 42.1. The minimum Gasteiger partial charge on any atom is -0.390 e. The summed E-state index contributed by atoms with van der Waals surface area (Å²) >= 11 is 0. The molecular formula is C69H123N9O13. The first-order valence-electron chi connectivity index (χ1n) is 33.8. The van der Waals surface area contributed by atoms with Gasteiger partial charge < -0.3 is 49.5 Å². The Morgan fingerprint density at radius 2 is 0.923 bits per heavy atom. The molecule has 522 valence electrons. The van der Waals surface area contributed by atoms with Crippen LogP contribution in [0.25, 0.3) is 0 Å². The van der Waals surface area contributed by atoms with Crippen molar-refractivity contribution < 1.29 is 62.6 Å². The van der Waals surface area contributed by atoms with Crippen LogP contribution in [0.2, 0.25) is 0 Å². The molecule has 0 aromatic heterocycles. The average molecular weight is 1290 g/mol. The van der Waals surface area contributed by atoms with Crippen LogP contribution in [-0.4, -0.2) is 245 Å². The predicted octanol–water partition coefficient (Wildman–Crippen LogP) is 6.07. The standard InChI is InChI=1S/C69H123N9O13/c1-26-50-36-58(81)60(61(82)45(14)27-28-78-29-30-91-38-47(78)16)77(25)69(90)59(44(12)13)76(24)68(89)55(34-42(8)9)75(23)67(88)54(33-41(6)7)74(22)63(84)48(17)70-62(83)46(15)35-56(79)52(31-39(2)3)73(21)66(87)51(43(10)11)37-57(80)53(32-40(4)5)72(20)64(85)49(18)71(19)65(50)86/h39-55,59-61,82H,26-38H2,1-25H3,(H,70,83)/t45-,46+,47+,48+,49-,50+,51-,52?,53+,54-,55-,59-,60+,61-/m1/s1. The Kier molecular flexibility index (Phi) is 33.2.